The maximum absolute atomic E-state index is 13.0. The molecule has 0 heterocycles. The molecule has 0 saturated carbocycles. The van der Waals surface area contributed by atoms with E-state index in [1.54, 1.807) is 0 Å². The Kier molecular flexibility index (Phi) is 5.55. The molecule has 21 heavy (non-hydrogen) atoms. The summed E-state index contributed by atoms with van der Waals surface area (Å²) >= 11 is 0. The molecule has 0 saturated heterocycles. The van der Waals surface area contributed by atoms with Crippen LogP contribution in [0.15, 0.2) is 42.5 Å². The predicted octanol–water partition coefficient (Wildman–Crippen LogP) is 4.54. The minimum absolute atomic E-state index is 0.591. The van der Waals surface area contributed by atoms with Crippen molar-refractivity contribution < 1.29 is 13.5 Å². The third-order valence-electron chi connectivity index (χ3n) is 3.17. The zero-order valence-electron chi connectivity index (χ0n) is 12.0. The lowest BCUT2D eigenvalue weighted by Crippen LogP contribution is -2.05. The second kappa shape index (κ2) is 7.62. The van der Waals surface area contributed by atoms with Gasteiger partial charge in [-0.3, -0.25) is 0 Å². The number of nitrogens with one attached hydrogen (secondary N) is 1. The molecule has 4 heteroatoms. The van der Waals surface area contributed by atoms with Crippen molar-refractivity contribution in [3.63, 3.8) is 0 Å². The van der Waals surface area contributed by atoms with Crippen LogP contribution in [-0.4, -0.2) is 13.2 Å². The average molecular weight is 291 g/mol. The highest BCUT2D eigenvalue weighted by atomic mass is 19.2. The molecule has 2 rings (SSSR count). The summed E-state index contributed by atoms with van der Waals surface area (Å²) in [5.41, 5.74) is 1.71. The van der Waals surface area contributed by atoms with Crippen LogP contribution in [0.25, 0.3) is 0 Å². The van der Waals surface area contributed by atoms with Gasteiger partial charge >= 0.3 is 0 Å². The van der Waals surface area contributed by atoms with Crippen LogP contribution in [-0.2, 0) is 0 Å². The highest BCUT2D eigenvalue weighted by Crippen LogP contribution is 2.16. The SMILES string of the molecule is Cc1ccccc1OCCCCNc1ccc(F)c(F)c1. The Morgan fingerprint density at radius 2 is 1.81 bits per heavy atom. The fourth-order valence-electron chi connectivity index (χ4n) is 1.97. The number of para-hydroxylation sites is 1. The first kappa shape index (κ1) is 15.3. The van der Waals surface area contributed by atoms with E-state index in [1.165, 1.54) is 12.1 Å². The summed E-state index contributed by atoms with van der Waals surface area (Å²) in [5, 5.41) is 3.06. The molecule has 0 radical (unpaired) electrons. The number of aryl methyl sites for hydroxylation is 1. The van der Waals surface area contributed by atoms with E-state index in [0.29, 0.717) is 18.8 Å². The van der Waals surface area contributed by atoms with Crippen LogP contribution < -0.4 is 10.1 Å². The molecule has 2 aromatic carbocycles. The molecule has 0 amide bonds. The second-order valence-electron chi connectivity index (χ2n) is 4.88. The monoisotopic (exact) mass is 291 g/mol. The standard InChI is InChI=1S/C17H19F2NO/c1-13-6-2-3-7-17(13)21-11-5-4-10-20-14-8-9-15(18)16(19)12-14/h2-3,6-9,12,20H,4-5,10-11H2,1H3. The smallest absolute Gasteiger partial charge is 0.160 e. The predicted molar refractivity (Wildman–Crippen MR) is 80.8 cm³/mol. The van der Waals surface area contributed by atoms with Crippen LogP contribution in [0, 0.1) is 18.6 Å². The summed E-state index contributed by atoms with van der Waals surface area (Å²) in [4.78, 5) is 0. The van der Waals surface area contributed by atoms with Gasteiger partial charge < -0.3 is 10.1 Å². The summed E-state index contributed by atoms with van der Waals surface area (Å²) < 4.78 is 31.4. The molecule has 1 N–H and O–H groups in total. The van der Waals surface area contributed by atoms with E-state index in [2.05, 4.69) is 5.32 Å². The van der Waals surface area contributed by atoms with Crippen LogP contribution in [0.1, 0.15) is 18.4 Å². The topological polar surface area (TPSA) is 21.3 Å². The van der Waals surface area contributed by atoms with Gasteiger partial charge in [-0.05, 0) is 49.6 Å². The van der Waals surface area contributed by atoms with E-state index in [4.69, 9.17) is 4.74 Å². The lowest BCUT2D eigenvalue weighted by molar-refractivity contribution is 0.306. The van der Waals surface area contributed by atoms with Gasteiger partial charge in [0.1, 0.15) is 5.75 Å². The number of benzene rings is 2. The van der Waals surface area contributed by atoms with E-state index in [0.717, 1.165) is 30.2 Å². The van der Waals surface area contributed by atoms with Gasteiger partial charge in [-0.2, -0.15) is 0 Å². The Balaban J connectivity index is 1.64. The zero-order chi connectivity index (χ0) is 15.1. The minimum Gasteiger partial charge on any atom is -0.493 e. The molecule has 0 spiro atoms. The maximum Gasteiger partial charge on any atom is 0.160 e. The first-order valence-corrected chi connectivity index (χ1v) is 7.04. The van der Waals surface area contributed by atoms with Gasteiger partial charge in [0.15, 0.2) is 11.6 Å². The molecule has 0 aliphatic carbocycles. The quantitative estimate of drug-likeness (QED) is 0.756. The van der Waals surface area contributed by atoms with Crippen LogP contribution in [0.4, 0.5) is 14.5 Å². The molecule has 0 aromatic heterocycles. The van der Waals surface area contributed by atoms with Gasteiger partial charge in [-0.1, -0.05) is 18.2 Å². The van der Waals surface area contributed by atoms with Crippen molar-refractivity contribution in [2.45, 2.75) is 19.8 Å². The van der Waals surface area contributed by atoms with Gasteiger partial charge in [0, 0.05) is 12.2 Å². The average Bonchev–Trinajstić information content (AvgIpc) is 2.48. The van der Waals surface area contributed by atoms with Crippen molar-refractivity contribution in [2.24, 2.45) is 0 Å². The third-order valence-corrected chi connectivity index (χ3v) is 3.17. The van der Waals surface area contributed by atoms with Crippen molar-refractivity contribution in [3.8, 4) is 5.75 Å². The third kappa shape index (κ3) is 4.74. The lowest BCUT2D eigenvalue weighted by atomic mass is 10.2. The Labute approximate surface area is 123 Å². The zero-order valence-corrected chi connectivity index (χ0v) is 12.0. The second-order valence-corrected chi connectivity index (χ2v) is 4.88. The normalized spacial score (nSPS) is 10.4. The Morgan fingerprint density at radius 3 is 2.57 bits per heavy atom. The Bertz CT molecular complexity index is 587. The molecular weight excluding hydrogens is 272 g/mol. The number of unbranched alkanes of at least 4 members (excludes halogenated alkanes) is 1. The Morgan fingerprint density at radius 1 is 1.00 bits per heavy atom. The molecule has 0 fully saturated rings. The summed E-state index contributed by atoms with van der Waals surface area (Å²) in [5.74, 6) is -0.749. The fraction of sp³-hybridized carbons (Fsp3) is 0.294. The van der Waals surface area contributed by atoms with Gasteiger partial charge in [0.25, 0.3) is 0 Å². The largest absolute Gasteiger partial charge is 0.493 e. The Hall–Kier alpha value is -2.10. The maximum atomic E-state index is 13.0. The number of halogens is 2. The lowest BCUT2D eigenvalue weighted by Gasteiger charge is -2.09. The van der Waals surface area contributed by atoms with Crippen LogP contribution >= 0.6 is 0 Å². The van der Waals surface area contributed by atoms with Gasteiger partial charge in [-0.25, -0.2) is 8.78 Å². The van der Waals surface area contributed by atoms with Crippen LogP contribution in [0.3, 0.4) is 0 Å². The fourth-order valence-corrected chi connectivity index (χ4v) is 1.97. The van der Waals surface area contributed by atoms with E-state index in [-0.39, 0.29) is 0 Å². The van der Waals surface area contributed by atoms with Crippen molar-refractivity contribution in [3.05, 3.63) is 59.7 Å². The van der Waals surface area contributed by atoms with Crippen LogP contribution in [0.2, 0.25) is 0 Å². The van der Waals surface area contributed by atoms with E-state index < -0.39 is 11.6 Å². The minimum atomic E-state index is -0.831. The number of hydrogen-bond acceptors (Lipinski definition) is 2. The van der Waals surface area contributed by atoms with E-state index >= 15 is 0 Å². The number of ether oxygens (including phenoxy) is 1. The van der Waals surface area contributed by atoms with Crippen molar-refractivity contribution in [1.82, 2.24) is 0 Å². The van der Waals surface area contributed by atoms with Gasteiger partial charge in [-0.15, -0.1) is 0 Å². The molecule has 0 aliphatic heterocycles. The van der Waals surface area contributed by atoms with Gasteiger partial charge in [0.2, 0.25) is 0 Å². The molecule has 0 atom stereocenters. The molecular formula is C17H19F2NO. The first-order chi connectivity index (χ1) is 10.2. The summed E-state index contributed by atoms with van der Waals surface area (Å²) in [7, 11) is 0. The number of hydrogen-bond donors (Lipinski definition) is 1. The highest BCUT2D eigenvalue weighted by Gasteiger charge is 2.02. The summed E-state index contributed by atoms with van der Waals surface area (Å²) in [6.45, 7) is 3.35. The van der Waals surface area contributed by atoms with E-state index in [9.17, 15) is 8.78 Å². The molecule has 0 unspecified atom stereocenters. The molecule has 2 aromatic rings. The van der Waals surface area contributed by atoms with Gasteiger partial charge in [0.05, 0.1) is 6.61 Å². The summed E-state index contributed by atoms with van der Waals surface area (Å²) in [6, 6.07) is 11.7. The summed E-state index contributed by atoms with van der Waals surface area (Å²) in [6.07, 6.45) is 1.79. The number of rotatable bonds is 7. The highest BCUT2D eigenvalue weighted by molar-refractivity contribution is 5.43. The van der Waals surface area contributed by atoms with Crippen LogP contribution in [0.5, 0.6) is 5.75 Å². The van der Waals surface area contributed by atoms with Crippen molar-refractivity contribution in [2.75, 3.05) is 18.5 Å². The molecule has 112 valence electrons. The van der Waals surface area contributed by atoms with Crippen molar-refractivity contribution in [1.29, 1.82) is 0 Å². The molecule has 2 nitrogen and oxygen atoms in total. The first-order valence-electron chi connectivity index (χ1n) is 7.04. The van der Waals surface area contributed by atoms with E-state index in [1.807, 2.05) is 31.2 Å². The molecule has 0 bridgehead atoms. The molecule has 0 aliphatic rings. The number of anilines is 1. The van der Waals surface area contributed by atoms with Crippen molar-refractivity contribution >= 4 is 5.69 Å².